The highest BCUT2D eigenvalue weighted by molar-refractivity contribution is 9.10. The molecule has 0 fully saturated rings. The van der Waals surface area contributed by atoms with Crippen molar-refractivity contribution in [1.82, 2.24) is 4.98 Å². The lowest BCUT2D eigenvalue weighted by molar-refractivity contribution is 0.102. The second-order valence-corrected chi connectivity index (χ2v) is 8.20. The molecule has 6 nitrogen and oxygen atoms in total. The first-order valence-electron chi connectivity index (χ1n) is 8.99. The monoisotopic (exact) mass is 477 g/mol. The number of benzene rings is 3. The van der Waals surface area contributed by atoms with Gasteiger partial charge >= 0.3 is 0 Å². The Morgan fingerprint density at radius 2 is 1.63 bits per heavy atom. The van der Waals surface area contributed by atoms with Crippen molar-refractivity contribution >= 4 is 54.7 Å². The van der Waals surface area contributed by atoms with Crippen molar-refractivity contribution in [3.05, 3.63) is 88.9 Å². The third-order valence-electron chi connectivity index (χ3n) is 4.16. The molecule has 30 heavy (non-hydrogen) atoms. The van der Waals surface area contributed by atoms with Gasteiger partial charge in [-0.2, -0.15) is 0 Å². The summed E-state index contributed by atoms with van der Waals surface area (Å²) in [7, 11) is 0. The number of aromatic nitrogens is 1. The zero-order valence-electron chi connectivity index (χ0n) is 15.6. The van der Waals surface area contributed by atoms with E-state index in [1.54, 1.807) is 12.1 Å². The van der Waals surface area contributed by atoms with Gasteiger partial charge in [0.25, 0.3) is 5.91 Å². The maximum absolute atomic E-state index is 12.3. The summed E-state index contributed by atoms with van der Waals surface area (Å²) in [5, 5.41) is 12.5. The van der Waals surface area contributed by atoms with Crippen LogP contribution in [0.5, 0.6) is 0 Å². The number of halogens is 1. The van der Waals surface area contributed by atoms with Crippen LogP contribution in [0, 0.1) is 0 Å². The van der Waals surface area contributed by atoms with E-state index in [0.717, 1.165) is 15.7 Å². The van der Waals surface area contributed by atoms with Crippen LogP contribution >= 0.6 is 27.3 Å². The summed E-state index contributed by atoms with van der Waals surface area (Å²) in [5.41, 5.74) is 9.42. The number of carbonyl (C=O) groups is 1. The molecule has 0 radical (unpaired) electrons. The Kier molecular flexibility index (Phi) is 5.97. The van der Waals surface area contributed by atoms with Crippen molar-refractivity contribution in [3.8, 4) is 11.3 Å². The molecule has 3 aromatic carbocycles. The van der Waals surface area contributed by atoms with E-state index in [1.165, 1.54) is 11.3 Å². The van der Waals surface area contributed by atoms with E-state index in [1.807, 2.05) is 66.7 Å². The Balaban J connectivity index is 1.53. The van der Waals surface area contributed by atoms with Crippen molar-refractivity contribution in [3.63, 3.8) is 0 Å². The highest BCUT2D eigenvalue weighted by Crippen LogP contribution is 2.38. The Hall–Kier alpha value is -3.36. The summed E-state index contributed by atoms with van der Waals surface area (Å²) < 4.78 is 0.976. The lowest BCUT2D eigenvalue weighted by Gasteiger charge is -2.06. The largest absolute Gasteiger partial charge is 0.375 e. The Bertz CT molecular complexity index is 1190. The molecule has 0 aliphatic heterocycles. The topological polar surface area (TPSA) is 92.7 Å². The van der Waals surface area contributed by atoms with Gasteiger partial charge in [-0.25, -0.2) is 4.98 Å². The Morgan fingerprint density at radius 1 is 0.933 bits per heavy atom. The minimum absolute atomic E-state index is 0.162. The summed E-state index contributed by atoms with van der Waals surface area (Å²) in [5.74, 6) is -0.162. The van der Waals surface area contributed by atoms with Gasteiger partial charge in [-0.05, 0) is 48.5 Å². The number of nitrogens with zero attached hydrogens (tertiary/aromatic N) is 3. The first-order chi connectivity index (χ1) is 14.6. The molecular weight excluding hydrogens is 462 g/mol. The maximum Gasteiger partial charge on any atom is 0.255 e. The third kappa shape index (κ3) is 4.79. The van der Waals surface area contributed by atoms with Gasteiger partial charge in [0.2, 0.25) is 0 Å². The molecule has 148 valence electrons. The van der Waals surface area contributed by atoms with Gasteiger partial charge in [-0.1, -0.05) is 57.6 Å². The number of azo groups is 1. The molecule has 4 rings (SSSR count). The van der Waals surface area contributed by atoms with Crippen LogP contribution in [-0.2, 0) is 0 Å². The molecule has 0 aliphatic rings. The van der Waals surface area contributed by atoms with Crippen LogP contribution < -0.4 is 11.1 Å². The summed E-state index contributed by atoms with van der Waals surface area (Å²) in [4.78, 5) is 16.7. The second-order valence-electron chi connectivity index (χ2n) is 6.28. The van der Waals surface area contributed by atoms with E-state index in [9.17, 15) is 4.79 Å². The van der Waals surface area contributed by atoms with E-state index in [4.69, 9.17) is 5.73 Å². The van der Waals surface area contributed by atoms with Crippen molar-refractivity contribution in [2.24, 2.45) is 10.2 Å². The van der Waals surface area contributed by atoms with E-state index in [0.29, 0.717) is 27.1 Å². The fourth-order valence-electron chi connectivity index (χ4n) is 2.70. The molecule has 0 spiro atoms. The summed E-state index contributed by atoms with van der Waals surface area (Å²) in [6.45, 7) is 0. The fourth-order valence-corrected chi connectivity index (χ4v) is 3.64. The van der Waals surface area contributed by atoms with Crippen LogP contribution in [0.1, 0.15) is 10.4 Å². The maximum atomic E-state index is 12.3. The van der Waals surface area contributed by atoms with Crippen molar-refractivity contribution in [2.75, 3.05) is 11.1 Å². The van der Waals surface area contributed by atoms with Crippen LogP contribution in [-0.4, -0.2) is 10.9 Å². The molecule has 0 atom stereocenters. The van der Waals surface area contributed by atoms with Crippen molar-refractivity contribution < 1.29 is 4.79 Å². The molecule has 1 heterocycles. The number of rotatable bonds is 5. The number of hydrogen-bond acceptors (Lipinski definition) is 6. The minimum atomic E-state index is -0.162. The van der Waals surface area contributed by atoms with Gasteiger partial charge in [0.05, 0.1) is 5.69 Å². The first-order valence-corrected chi connectivity index (χ1v) is 10.6. The quantitative estimate of drug-likeness (QED) is 0.308. The average Bonchev–Trinajstić information content (AvgIpc) is 3.15. The number of thiazole rings is 1. The summed E-state index contributed by atoms with van der Waals surface area (Å²) in [6, 6.07) is 24.0. The van der Waals surface area contributed by atoms with E-state index < -0.39 is 0 Å². The molecular formula is C22H16BrN5OS. The first kappa shape index (κ1) is 19.9. The standard InChI is InChI=1S/C22H16BrN5OS/c23-16-8-12-18(13-9-16)27-28-21-19(26-22(24)30-21)14-6-10-17(11-7-14)25-20(29)15-4-2-1-3-5-15/h1-13H,(H2,24,26)(H,25,29). The molecule has 3 N–H and O–H groups in total. The fraction of sp³-hybridized carbons (Fsp3) is 0. The molecule has 1 aromatic heterocycles. The van der Waals surface area contributed by atoms with Gasteiger partial charge in [0.15, 0.2) is 10.1 Å². The van der Waals surface area contributed by atoms with Crippen LogP contribution in [0.15, 0.2) is 93.6 Å². The molecule has 0 bridgehead atoms. The number of nitrogens with two attached hydrogens (primary N) is 1. The lowest BCUT2D eigenvalue weighted by atomic mass is 10.1. The Morgan fingerprint density at radius 3 is 2.33 bits per heavy atom. The summed E-state index contributed by atoms with van der Waals surface area (Å²) in [6.07, 6.45) is 0. The lowest BCUT2D eigenvalue weighted by Crippen LogP contribution is -2.11. The molecule has 0 unspecified atom stereocenters. The minimum Gasteiger partial charge on any atom is -0.375 e. The molecule has 8 heteroatoms. The SMILES string of the molecule is Nc1nc(-c2ccc(NC(=O)c3ccccc3)cc2)c(N=Nc2ccc(Br)cc2)s1. The second kappa shape index (κ2) is 8.98. The number of anilines is 2. The van der Waals surface area contributed by atoms with Crippen molar-refractivity contribution in [2.45, 2.75) is 0 Å². The molecule has 0 saturated carbocycles. The van der Waals surface area contributed by atoms with Gasteiger partial charge in [-0.15, -0.1) is 10.2 Å². The van der Waals surface area contributed by atoms with E-state index >= 15 is 0 Å². The highest BCUT2D eigenvalue weighted by Gasteiger charge is 2.12. The zero-order valence-corrected chi connectivity index (χ0v) is 18.0. The van der Waals surface area contributed by atoms with Gasteiger partial charge in [-0.3, -0.25) is 4.79 Å². The average molecular weight is 478 g/mol. The van der Waals surface area contributed by atoms with Crippen LogP contribution in [0.2, 0.25) is 0 Å². The predicted octanol–water partition coefficient (Wildman–Crippen LogP) is 6.82. The predicted molar refractivity (Wildman–Crippen MR) is 125 cm³/mol. The molecule has 4 aromatic rings. The molecule has 1 amide bonds. The summed E-state index contributed by atoms with van der Waals surface area (Å²) >= 11 is 4.67. The van der Waals surface area contributed by atoms with E-state index in [-0.39, 0.29) is 5.91 Å². The number of nitrogens with one attached hydrogen (secondary N) is 1. The van der Waals surface area contributed by atoms with E-state index in [2.05, 4.69) is 36.5 Å². The third-order valence-corrected chi connectivity index (χ3v) is 5.46. The number of amides is 1. The molecule has 0 aliphatic carbocycles. The van der Waals surface area contributed by atoms with Gasteiger partial charge in [0.1, 0.15) is 5.69 Å². The normalized spacial score (nSPS) is 11.0. The number of nitrogen functional groups attached to an aromatic ring is 1. The Labute approximate surface area is 185 Å². The smallest absolute Gasteiger partial charge is 0.255 e. The zero-order chi connectivity index (χ0) is 20.9. The van der Waals surface area contributed by atoms with Crippen molar-refractivity contribution in [1.29, 1.82) is 0 Å². The van der Waals surface area contributed by atoms with Crippen LogP contribution in [0.4, 0.5) is 21.5 Å². The number of hydrogen-bond donors (Lipinski definition) is 2. The van der Waals surface area contributed by atoms with Gasteiger partial charge in [0, 0.05) is 21.3 Å². The number of carbonyl (C=O) groups excluding carboxylic acids is 1. The molecule has 0 saturated heterocycles. The van der Waals surface area contributed by atoms with Crippen LogP contribution in [0.25, 0.3) is 11.3 Å². The van der Waals surface area contributed by atoms with Gasteiger partial charge < -0.3 is 11.1 Å². The van der Waals surface area contributed by atoms with Crippen LogP contribution in [0.3, 0.4) is 0 Å². The highest BCUT2D eigenvalue weighted by atomic mass is 79.9.